The zero-order valence-electron chi connectivity index (χ0n) is 18.0. The summed E-state index contributed by atoms with van der Waals surface area (Å²) in [5, 5.41) is 99.6. The summed E-state index contributed by atoms with van der Waals surface area (Å²) in [6, 6.07) is 0. The molecule has 3 aliphatic heterocycles. The zero-order chi connectivity index (χ0) is 26.4. The van der Waals surface area contributed by atoms with Gasteiger partial charge in [0.15, 0.2) is 31.1 Å². The van der Waals surface area contributed by atoms with Crippen LogP contribution in [-0.4, -0.2) is 155 Å². The molecule has 0 amide bonds. The van der Waals surface area contributed by atoms with Crippen LogP contribution in [0.15, 0.2) is 0 Å². The Morgan fingerprint density at radius 2 is 1.03 bits per heavy atom. The summed E-state index contributed by atoms with van der Waals surface area (Å²) < 4.78 is 25.4. The molecule has 0 bridgehead atoms. The number of aliphatic hydroxyl groups is 8. The highest BCUT2D eigenvalue weighted by molar-refractivity contribution is 5.74. The van der Waals surface area contributed by atoms with Crippen LogP contribution in [0.5, 0.6) is 0 Å². The molecular formula is C18H28O17. The van der Waals surface area contributed by atoms with E-state index in [9.17, 15) is 55.5 Å². The lowest BCUT2D eigenvalue weighted by molar-refractivity contribution is -0.372. The van der Waals surface area contributed by atoms with Crippen molar-refractivity contribution in [3.63, 3.8) is 0 Å². The fourth-order valence-corrected chi connectivity index (χ4v) is 3.96. The highest BCUT2D eigenvalue weighted by atomic mass is 16.7. The van der Waals surface area contributed by atoms with Gasteiger partial charge in [-0.3, -0.25) is 0 Å². The van der Waals surface area contributed by atoms with Crippen molar-refractivity contribution in [1.82, 2.24) is 0 Å². The van der Waals surface area contributed by atoms with Gasteiger partial charge >= 0.3 is 11.9 Å². The van der Waals surface area contributed by atoms with Crippen LogP contribution >= 0.6 is 0 Å². The first-order chi connectivity index (χ1) is 16.3. The molecule has 0 radical (unpaired) electrons. The van der Waals surface area contributed by atoms with E-state index in [1.165, 1.54) is 6.92 Å². The fourth-order valence-electron chi connectivity index (χ4n) is 3.96. The summed E-state index contributed by atoms with van der Waals surface area (Å²) in [6.45, 7) is 1.32. The Labute approximate surface area is 196 Å². The van der Waals surface area contributed by atoms with Gasteiger partial charge in [0.25, 0.3) is 0 Å². The van der Waals surface area contributed by atoms with Crippen LogP contribution < -0.4 is 0 Å². The summed E-state index contributed by atoms with van der Waals surface area (Å²) in [6.07, 6.45) is -28.9. The van der Waals surface area contributed by atoms with E-state index < -0.39 is 104 Å². The third-order valence-corrected chi connectivity index (χ3v) is 5.98. The first-order valence-electron chi connectivity index (χ1n) is 10.4. The molecule has 0 spiro atoms. The topological polar surface area (TPSA) is 283 Å². The minimum absolute atomic E-state index is 1.07. The lowest BCUT2D eigenvalue weighted by atomic mass is 9.96. The maximum absolute atomic E-state index is 11.6. The molecule has 15 atom stereocenters. The number of aliphatic carboxylic acids is 2. The van der Waals surface area contributed by atoms with Gasteiger partial charge in [-0.15, -0.1) is 0 Å². The second-order valence-corrected chi connectivity index (χ2v) is 8.39. The lowest BCUT2D eigenvalue weighted by Gasteiger charge is -2.47. The third kappa shape index (κ3) is 5.42. The highest BCUT2D eigenvalue weighted by Gasteiger charge is 2.55. The Hall–Kier alpha value is -1.58. The van der Waals surface area contributed by atoms with E-state index >= 15 is 0 Å². The number of carboxylic acid groups (broad SMARTS) is 2. The summed E-state index contributed by atoms with van der Waals surface area (Å²) in [7, 11) is 0. The Morgan fingerprint density at radius 1 is 0.571 bits per heavy atom. The molecule has 15 unspecified atom stereocenters. The molecule has 0 aromatic rings. The second kappa shape index (κ2) is 10.8. The van der Waals surface area contributed by atoms with E-state index in [1.54, 1.807) is 0 Å². The first kappa shape index (κ1) is 28.0. The molecule has 3 aliphatic rings. The number of carboxylic acids is 2. The Kier molecular flexibility index (Phi) is 8.65. The Morgan fingerprint density at radius 3 is 1.54 bits per heavy atom. The summed E-state index contributed by atoms with van der Waals surface area (Å²) in [5.74, 6) is -3.51. The molecule has 3 rings (SSSR count). The molecule has 35 heavy (non-hydrogen) atoms. The Bertz CT molecular complexity index is 751. The van der Waals surface area contributed by atoms with Crippen LogP contribution in [0.25, 0.3) is 0 Å². The number of carbonyl (C=O) groups is 2. The Balaban J connectivity index is 1.84. The molecule has 0 aromatic carbocycles. The van der Waals surface area contributed by atoms with Crippen LogP contribution in [0.2, 0.25) is 0 Å². The molecule has 3 saturated heterocycles. The average Bonchev–Trinajstić information content (AvgIpc) is 2.78. The van der Waals surface area contributed by atoms with Crippen molar-refractivity contribution in [1.29, 1.82) is 0 Å². The van der Waals surface area contributed by atoms with E-state index in [0.29, 0.717) is 0 Å². The highest BCUT2D eigenvalue weighted by Crippen LogP contribution is 2.32. The van der Waals surface area contributed by atoms with Crippen molar-refractivity contribution in [3.8, 4) is 0 Å². The standard InChI is InChI=1S/C18H28O17/c1-2-3(19)10(8(24)16(30)31-2)32-18-9(25)11(7(23)13(35-18)15(28)29)33-17-6(22)4(20)5(21)12(34-17)14(26)27/h2-13,16-25,30H,1H3,(H,26,27)(H,28,29). The SMILES string of the molecule is CC1OC(O)C(O)C(OC2OC(C(=O)O)C(O)C(OC3OC(C(=O)O)C(O)C(O)C3O)C2O)C1O. The molecule has 0 saturated carbocycles. The third-order valence-electron chi connectivity index (χ3n) is 5.98. The van der Waals surface area contributed by atoms with Gasteiger partial charge in [0.05, 0.1) is 6.10 Å². The van der Waals surface area contributed by atoms with Gasteiger partial charge in [0.2, 0.25) is 0 Å². The summed E-state index contributed by atoms with van der Waals surface area (Å²) in [5.41, 5.74) is 0. The molecule has 17 heteroatoms. The van der Waals surface area contributed by atoms with Gasteiger partial charge in [-0.1, -0.05) is 0 Å². The minimum Gasteiger partial charge on any atom is -0.479 e. The monoisotopic (exact) mass is 516 g/mol. The zero-order valence-corrected chi connectivity index (χ0v) is 18.0. The molecule has 0 aliphatic carbocycles. The van der Waals surface area contributed by atoms with Crippen LogP contribution in [0.1, 0.15) is 6.92 Å². The van der Waals surface area contributed by atoms with Crippen LogP contribution in [0.4, 0.5) is 0 Å². The van der Waals surface area contributed by atoms with E-state index in [1.807, 2.05) is 0 Å². The van der Waals surface area contributed by atoms with Crippen LogP contribution in [0, 0.1) is 0 Å². The van der Waals surface area contributed by atoms with Crippen LogP contribution in [-0.2, 0) is 33.3 Å². The predicted molar refractivity (Wildman–Crippen MR) is 101 cm³/mol. The molecule has 3 fully saturated rings. The smallest absolute Gasteiger partial charge is 0.335 e. The summed E-state index contributed by atoms with van der Waals surface area (Å²) >= 11 is 0. The van der Waals surface area contributed by atoms with Crippen molar-refractivity contribution in [2.24, 2.45) is 0 Å². The molecule has 10 N–H and O–H groups in total. The van der Waals surface area contributed by atoms with Gasteiger partial charge in [0, 0.05) is 0 Å². The average molecular weight is 516 g/mol. The molecule has 17 nitrogen and oxygen atoms in total. The first-order valence-corrected chi connectivity index (χ1v) is 10.4. The molecule has 202 valence electrons. The van der Waals surface area contributed by atoms with Gasteiger partial charge in [0.1, 0.15) is 54.9 Å². The van der Waals surface area contributed by atoms with E-state index in [-0.39, 0.29) is 0 Å². The number of rotatable bonds is 6. The van der Waals surface area contributed by atoms with E-state index in [0.717, 1.165) is 0 Å². The normalized spacial score (nSPS) is 51.1. The van der Waals surface area contributed by atoms with Gasteiger partial charge in [-0.25, -0.2) is 9.59 Å². The molecule has 0 aromatic heterocycles. The van der Waals surface area contributed by atoms with Crippen LogP contribution in [0.3, 0.4) is 0 Å². The van der Waals surface area contributed by atoms with Crippen molar-refractivity contribution in [2.75, 3.05) is 0 Å². The van der Waals surface area contributed by atoms with Crippen molar-refractivity contribution in [3.05, 3.63) is 0 Å². The number of hydrogen-bond donors (Lipinski definition) is 10. The maximum atomic E-state index is 11.6. The number of ether oxygens (including phenoxy) is 5. The van der Waals surface area contributed by atoms with E-state index in [4.69, 9.17) is 28.8 Å². The molecular weight excluding hydrogens is 488 g/mol. The van der Waals surface area contributed by atoms with Crippen molar-refractivity contribution in [2.45, 2.75) is 99.0 Å². The minimum atomic E-state index is -2.17. The lowest BCUT2D eigenvalue weighted by Crippen LogP contribution is -2.67. The van der Waals surface area contributed by atoms with E-state index in [2.05, 4.69) is 0 Å². The second-order valence-electron chi connectivity index (χ2n) is 8.39. The maximum Gasteiger partial charge on any atom is 0.335 e. The van der Waals surface area contributed by atoms with Crippen molar-refractivity contribution < 1.29 is 84.3 Å². The van der Waals surface area contributed by atoms with Gasteiger partial charge < -0.3 is 74.7 Å². The number of aliphatic hydroxyl groups excluding tert-OH is 8. The van der Waals surface area contributed by atoms with Gasteiger partial charge in [-0.2, -0.15) is 0 Å². The van der Waals surface area contributed by atoms with Gasteiger partial charge in [-0.05, 0) is 6.92 Å². The predicted octanol–water partition coefficient (Wildman–Crippen LogP) is -6.36. The number of hydrogen-bond acceptors (Lipinski definition) is 15. The molecule has 3 heterocycles. The van der Waals surface area contributed by atoms with Crippen molar-refractivity contribution >= 4 is 11.9 Å². The fraction of sp³-hybridized carbons (Fsp3) is 0.889. The largest absolute Gasteiger partial charge is 0.479 e. The quantitative estimate of drug-likeness (QED) is 0.157. The summed E-state index contributed by atoms with van der Waals surface area (Å²) in [4.78, 5) is 22.9.